The standard InChI is InChI=1S/C9H13Br2NOS/c1-2-3-12-7(5-13)8-4-6(10)9(11)14-8/h4,7,12-13H,2-3,5H2,1H3. The van der Waals surface area contributed by atoms with Crippen LogP contribution in [0.15, 0.2) is 14.3 Å². The molecule has 1 unspecified atom stereocenters. The Hall–Kier alpha value is 0.580. The van der Waals surface area contributed by atoms with E-state index in [1.165, 1.54) is 0 Å². The van der Waals surface area contributed by atoms with Gasteiger partial charge in [-0.1, -0.05) is 6.92 Å². The van der Waals surface area contributed by atoms with Crippen molar-refractivity contribution in [2.75, 3.05) is 13.2 Å². The van der Waals surface area contributed by atoms with Gasteiger partial charge >= 0.3 is 0 Å². The third-order valence-corrected chi connectivity index (χ3v) is 5.20. The van der Waals surface area contributed by atoms with Crippen LogP contribution in [-0.2, 0) is 0 Å². The minimum atomic E-state index is 0.0579. The molecule has 1 rings (SSSR count). The first kappa shape index (κ1) is 12.6. The molecule has 0 spiro atoms. The van der Waals surface area contributed by atoms with Crippen LogP contribution in [0.4, 0.5) is 0 Å². The second-order valence-corrected chi connectivity index (χ2v) is 6.22. The molecule has 1 aromatic heterocycles. The lowest BCUT2D eigenvalue weighted by Gasteiger charge is -2.13. The summed E-state index contributed by atoms with van der Waals surface area (Å²) in [6.45, 7) is 3.18. The van der Waals surface area contributed by atoms with Crippen LogP contribution >= 0.6 is 43.2 Å². The minimum Gasteiger partial charge on any atom is -0.394 e. The molecule has 0 amide bonds. The van der Waals surface area contributed by atoms with E-state index in [9.17, 15) is 5.11 Å². The van der Waals surface area contributed by atoms with Crippen molar-refractivity contribution in [3.63, 3.8) is 0 Å². The van der Waals surface area contributed by atoms with Gasteiger partial charge in [-0.05, 0) is 50.9 Å². The lowest BCUT2D eigenvalue weighted by atomic mass is 10.2. The van der Waals surface area contributed by atoms with Gasteiger partial charge < -0.3 is 10.4 Å². The van der Waals surface area contributed by atoms with Crippen molar-refractivity contribution in [3.8, 4) is 0 Å². The molecule has 0 aliphatic carbocycles. The van der Waals surface area contributed by atoms with Gasteiger partial charge in [0.05, 0.1) is 16.4 Å². The summed E-state index contributed by atoms with van der Waals surface area (Å²) in [6.07, 6.45) is 1.07. The Bertz CT molecular complexity index is 271. The fourth-order valence-corrected chi connectivity index (χ4v) is 3.27. The molecule has 0 fully saturated rings. The van der Waals surface area contributed by atoms with E-state index in [2.05, 4.69) is 44.1 Å². The van der Waals surface area contributed by atoms with Crippen molar-refractivity contribution in [3.05, 3.63) is 19.2 Å². The van der Waals surface area contributed by atoms with Gasteiger partial charge in [-0.25, -0.2) is 0 Å². The summed E-state index contributed by atoms with van der Waals surface area (Å²) in [6, 6.07) is 2.10. The first-order chi connectivity index (χ1) is 6.69. The number of nitrogens with one attached hydrogen (secondary N) is 1. The number of hydrogen-bond donors (Lipinski definition) is 2. The topological polar surface area (TPSA) is 32.3 Å². The van der Waals surface area contributed by atoms with E-state index in [0.29, 0.717) is 0 Å². The second-order valence-electron chi connectivity index (χ2n) is 2.96. The van der Waals surface area contributed by atoms with Gasteiger partial charge in [0.25, 0.3) is 0 Å². The number of halogens is 2. The lowest BCUT2D eigenvalue weighted by molar-refractivity contribution is 0.246. The molecule has 2 N–H and O–H groups in total. The van der Waals surface area contributed by atoms with E-state index < -0.39 is 0 Å². The van der Waals surface area contributed by atoms with Crippen LogP contribution in [0, 0.1) is 0 Å². The predicted octanol–water partition coefficient (Wildman–Crippen LogP) is 3.31. The van der Waals surface area contributed by atoms with E-state index in [-0.39, 0.29) is 12.6 Å². The summed E-state index contributed by atoms with van der Waals surface area (Å²) in [5.41, 5.74) is 0. The summed E-state index contributed by atoms with van der Waals surface area (Å²) in [4.78, 5) is 1.15. The molecular formula is C9H13Br2NOS. The van der Waals surface area contributed by atoms with Crippen LogP contribution in [0.5, 0.6) is 0 Å². The zero-order chi connectivity index (χ0) is 10.6. The smallest absolute Gasteiger partial charge is 0.0843 e. The molecule has 0 bridgehead atoms. The highest BCUT2D eigenvalue weighted by Gasteiger charge is 2.13. The normalized spacial score (nSPS) is 13.1. The van der Waals surface area contributed by atoms with Crippen molar-refractivity contribution >= 4 is 43.2 Å². The van der Waals surface area contributed by atoms with Crippen LogP contribution in [0.3, 0.4) is 0 Å². The maximum Gasteiger partial charge on any atom is 0.0843 e. The first-order valence-electron chi connectivity index (χ1n) is 4.48. The van der Waals surface area contributed by atoms with Crippen molar-refractivity contribution < 1.29 is 5.11 Å². The summed E-state index contributed by atoms with van der Waals surface area (Å²) in [5, 5.41) is 12.5. The Morgan fingerprint density at radius 2 is 2.29 bits per heavy atom. The molecular weight excluding hydrogens is 330 g/mol. The van der Waals surface area contributed by atoms with Crippen LogP contribution < -0.4 is 5.32 Å². The average molecular weight is 343 g/mol. The predicted molar refractivity (Wildman–Crippen MR) is 67.8 cm³/mol. The maximum atomic E-state index is 9.22. The van der Waals surface area contributed by atoms with Gasteiger partial charge in [0.15, 0.2) is 0 Å². The number of hydrogen-bond acceptors (Lipinski definition) is 3. The van der Waals surface area contributed by atoms with Crippen molar-refractivity contribution in [2.24, 2.45) is 0 Å². The second kappa shape index (κ2) is 6.23. The molecule has 1 heterocycles. The van der Waals surface area contributed by atoms with Crippen molar-refractivity contribution in [2.45, 2.75) is 19.4 Å². The quantitative estimate of drug-likeness (QED) is 0.860. The third kappa shape index (κ3) is 3.31. The molecule has 1 atom stereocenters. The Labute approximate surface area is 105 Å². The van der Waals surface area contributed by atoms with Crippen LogP contribution in [0.25, 0.3) is 0 Å². The van der Waals surface area contributed by atoms with E-state index in [1.807, 2.05) is 6.07 Å². The van der Waals surface area contributed by atoms with Gasteiger partial charge in [-0.15, -0.1) is 11.3 Å². The van der Waals surface area contributed by atoms with Gasteiger partial charge in [0, 0.05) is 9.35 Å². The number of aliphatic hydroxyl groups is 1. The Balaban J connectivity index is 2.68. The summed E-state index contributed by atoms with van der Waals surface area (Å²) in [7, 11) is 0. The van der Waals surface area contributed by atoms with Crippen LogP contribution in [-0.4, -0.2) is 18.3 Å². The molecule has 0 saturated carbocycles. The number of aliphatic hydroxyl groups excluding tert-OH is 1. The highest BCUT2D eigenvalue weighted by Crippen LogP contribution is 2.35. The maximum absolute atomic E-state index is 9.22. The third-order valence-electron chi connectivity index (χ3n) is 1.83. The van der Waals surface area contributed by atoms with Gasteiger partial charge in [0.1, 0.15) is 0 Å². The van der Waals surface area contributed by atoms with Crippen LogP contribution in [0.2, 0.25) is 0 Å². The fourth-order valence-electron chi connectivity index (χ4n) is 1.11. The van der Waals surface area contributed by atoms with E-state index in [4.69, 9.17) is 0 Å². The number of thiophene rings is 1. The highest BCUT2D eigenvalue weighted by molar-refractivity contribution is 9.13. The molecule has 80 valence electrons. The SMILES string of the molecule is CCCNC(CO)c1cc(Br)c(Br)s1. The molecule has 5 heteroatoms. The molecule has 0 radical (unpaired) electrons. The van der Waals surface area contributed by atoms with Gasteiger partial charge in [-0.2, -0.15) is 0 Å². The Kier molecular flexibility index (Phi) is 5.62. The lowest BCUT2D eigenvalue weighted by Crippen LogP contribution is -2.24. The summed E-state index contributed by atoms with van der Waals surface area (Å²) < 4.78 is 2.12. The fraction of sp³-hybridized carbons (Fsp3) is 0.556. The highest BCUT2D eigenvalue weighted by atomic mass is 79.9. The van der Waals surface area contributed by atoms with E-state index in [0.717, 1.165) is 26.1 Å². The molecule has 0 aromatic carbocycles. The zero-order valence-electron chi connectivity index (χ0n) is 7.89. The van der Waals surface area contributed by atoms with E-state index >= 15 is 0 Å². The Morgan fingerprint density at radius 3 is 2.71 bits per heavy atom. The summed E-state index contributed by atoms with van der Waals surface area (Å²) >= 11 is 8.52. The molecule has 0 aliphatic heterocycles. The zero-order valence-corrected chi connectivity index (χ0v) is 11.9. The molecule has 0 aliphatic rings. The monoisotopic (exact) mass is 341 g/mol. The van der Waals surface area contributed by atoms with Gasteiger partial charge in [0.2, 0.25) is 0 Å². The molecule has 1 aromatic rings. The first-order valence-corrected chi connectivity index (χ1v) is 6.88. The summed E-state index contributed by atoms with van der Waals surface area (Å²) in [5.74, 6) is 0. The van der Waals surface area contributed by atoms with Crippen LogP contribution in [0.1, 0.15) is 24.3 Å². The molecule has 14 heavy (non-hydrogen) atoms. The average Bonchev–Trinajstić information content (AvgIpc) is 2.48. The van der Waals surface area contributed by atoms with Crippen molar-refractivity contribution in [1.82, 2.24) is 5.32 Å². The minimum absolute atomic E-state index is 0.0579. The van der Waals surface area contributed by atoms with Crippen molar-refractivity contribution in [1.29, 1.82) is 0 Å². The molecule has 2 nitrogen and oxygen atoms in total. The largest absolute Gasteiger partial charge is 0.394 e. The molecule has 0 saturated heterocycles. The Morgan fingerprint density at radius 1 is 1.57 bits per heavy atom. The van der Waals surface area contributed by atoms with E-state index in [1.54, 1.807) is 11.3 Å². The van der Waals surface area contributed by atoms with Gasteiger partial charge in [-0.3, -0.25) is 0 Å². The number of rotatable bonds is 5.